The van der Waals surface area contributed by atoms with Gasteiger partial charge in [0.1, 0.15) is 11.5 Å². The number of ketones is 1. The third-order valence-corrected chi connectivity index (χ3v) is 2.38. The fraction of sp³-hybridized carbons (Fsp3) is 0.462. The van der Waals surface area contributed by atoms with Gasteiger partial charge in [0.05, 0.1) is 13.7 Å². The number of carbonyl (C=O) groups excluding carboxylic acids is 1. The molecule has 1 N–H and O–H groups in total. The largest absolute Gasteiger partial charge is 0.496 e. The van der Waals surface area contributed by atoms with Crippen LogP contribution in [0, 0.1) is 6.92 Å². The highest BCUT2D eigenvalue weighted by atomic mass is 16.5. The summed E-state index contributed by atoms with van der Waals surface area (Å²) in [5.74, 6) is 1.08. The second kappa shape index (κ2) is 6.28. The van der Waals surface area contributed by atoms with Crippen LogP contribution in [-0.2, 0) is 11.2 Å². The molecule has 1 aromatic carbocycles. The monoisotopic (exact) mass is 221 g/mol. The molecule has 16 heavy (non-hydrogen) atoms. The lowest BCUT2D eigenvalue weighted by molar-refractivity contribution is -0.116. The maximum absolute atomic E-state index is 10.7. The zero-order valence-electron chi connectivity index (χ0n) is 10.2. The van der Waals surface area contributed by atoms with Crippen molar-refractivity contribution in [3.05, 3.63) is 29.3 Å². The highest BCUT2D eigenvalue weighted by Crippen LogP contribution is 2.19. The molecule has 0 heterocycles. The van der Waals surface area contributed by atoms with Crippen LogP contribution >= 0.6 is 0 Å². The van der Waals surface area contributed by atoms with Gasteiger partial charge in [0.25, 0.3) is 0 Å². The van der Waals surface area contributed by atoms with Crippen LogP contribution in [0.25, 0.3) is 0 Å². The van der Waals surface area contributed by atoms with E-state index in [1.54, 1.807) is 14.0 Å². The van der Waals surface area contributed by atoms with E-state index in [1.165, 1.54) is 11.1 Å². The maximum atomic E-state index is 10.7. The molecule has 0 bridgehead atoms. The highest BCUT2D eigenvalue weighted by Gasteiger charge is 2.02. The predicted octanol–water partition coefficient (Wildman–Crippen LogP) is 1.72. The summed E-state index contributed by atoms with van der Waals surface area (Å²) >= 11 is 0. The van der Waals surface area contributed by atoms with Crippen molar-refractivity contribution in [1.29, 1.82) is 0 Å². The Morgan fingerprint density at radius 2 is 2.19 bits per heavy atom. The SMILES string of the molecule is COc1ccc(C)cc1CCNCC(C)=O. The molecule has 0 unspecified atom stereocenters. The molecule has 1 aromatic rings. The Morgan fingerprint density at radius 1 is 1.44 bits per heavy atom. The van der Waals surface area contributed by atoms with Gasteiger partial charge in [0.15, 0.2) is 0 Å². The van der Waals surface area contributed by atoms with Crippen LogP contribution in [0.3, 0.4) is 0 Å². The quantitative estimate of drug-likeness (QED) is 0.743. The van der Waals surface area contributed by atoms with E-state index in [0.29, 0.717) is 6.54 Å². The molecule has 0 spiro atoms. The van der Waals surface area contributed by atoms with E-state index in [1.807, 2.05) is 12.1 Å². The van der Waals surface area contributed by atoms with Crippen LogP contribution < -0.4 is 10.1 Å². The van der Waals surface area contributed by atoms with E-state index in [4.69, 9.17) is 4.74 Å². The van der Waals surface area contributed by atoms with E-state index >= 15 is 0 Å². The Balaban J connectivity index is 2.51. The van der Waals surface area contributed by atoms with Gasteiger partial charge in [-0.05, 0) is 38.4 Å². The molecule has 0 saturated heterocycles. The molecule has 0 aliphatic heterocycles. The number of aryl methyl sites for hydroxylation is 1. The van der Waals surface area contributed by atoms with Crippen molar-refractivity contribution in [2.24, 2.45) is 0 Å². The Labute approximate surface area is 96.8 Å². The van der Waals surface area contributed by atoms with Crippen LogP contribution in [0.5, 0.6) is 5.75 Å². The second-order valence-electron chi connectivity index (χ2n) is 3.94. The van der Waals surface area contributed by atoms with Gasteiger partial charge in [0.2, 0.25) is 0 Å². The van der Waals surface area contributed by atoms with E-state index < -0.39 is 0 Å². The lowest BCUT2D eigenvalue weighted by atomic mass is 10.1. The number of carbonyl (C=O) groups is 1. The number of methoxy groups -OCH3 is 1. The van der Waals surface area contributed by atoms with Crippen LogP contribution in [-0.4, -0.2) is 26.0 Å². The predicted molar refractivity (Wildman–Crippen MR) is 65.0 cm³/mol. The summed E-state index contributed by atoms with van der Waals surface area (Å²) in [4.78, 5) is 10.7. The van der Waals surface area contributed by atoms with Crippen LogP contribution in [0.2, 0.25) is 0 Å². The summed E-state index contributed by atoms with van der Waals surface area (Å²) in [5.41, 5.74) is 2.40. The zero-order valence-corrected chi connectivity index (χ0v) is 10.2. The first-order valence-corrected chi connectivity index (χ1v) is 5.47. The molecular weight excluding hydrogens is 202 g/mol. The van der Waals surface area contributed by atoms with Crippen LogP contribution in [0.4, 0.5) is 0 Å². The Hall–Kier alpha value is -1.35. The average molecular weight is 221 g/mol. The van der Waals surface area contributed by atoms with E-state index in [-0.39, 0.29) is 5.78 Å². The van der Waals surface area contributed by atoms with Gasteiger partial charge in [-0.2, -0.15) is 0 Å². The second-order valence-corrected chi connectivity index (χ2v) is 3.94. The summed E-state index contributed by atoms with van der Waals surface area (Å²) < 4.78 is 5.28. The van der Waals surface area contributed by atoms with Crippen molar-refractivity contribution in [2.75, 3.05) is 20.2 Å². The molecule has 0 saturated carbocycles. The van der Waals surface area contributed by atoms with Crippen molar-refractivity contribution in [3.63, 3.8) is 0 Å². The summed E-state index contributed by atoms with van der Waals surface area (Å²) in [6.45, 7) is 4.87. The topological polar surface area (TPSA) is 38.3 Å². The minimum absolute atomic E-state index is 0.163. The number of rotatable bonds is 6. The zero-order chi connectivity index (χ0) is 12.0. The van der Waals surface area contributed by atoms with Gasteiger partial charge < -0.3 is 10.1 Å². The van der Waals surface area contributed by atoms with Crippen molar-refractivity contribution in [2.45, 2.75) is 20.3 Å². The minimum atomic E-state index is 0.163. The molecule has 0 aromatic heterocycles. The maximum Gasteiger partial charge on any atom is 0.143 e. The molecule has 0 amide bonds. The molecular formula is C13H19NO2. The number of Topliss-reactive ketones (excluding diaryl/α,β-unsaturated/α-hetero) is 1. The Bertz CT molecular complexity index is 361. The van der Waals surface area contributed by atoms with Crippen molar-refractivity contribution in [3.8, 4) is 5.75 Å². The van der Waals surface area contributed by atoms with Gasteiger partial charge in [-0.1, -0.05) is 17.7 Å². The third-order valence-electron chi connectivity index (χ3n) is 2.38. The van der Waals surface area contributed by atoms with Crippen molar-refractivity contribution < 1.29 is 9.53 Å². The third kappa shape index (κ3) is 4.03. The first-order valence-electron chi connectivity index (χ1n) is 5.47. The van der Waals surface area contributed by atoms with E-state index in [9.17, 15) is 4.79 Å². The molecule has 0 fully saturated rings. The first-order chi connectivity index (χ1) is 7.63. The molecule has 3 nitrogen and oxygen atoms in total. The summed E-state index contributed by atoms with van der Waals surface area (Å²) in [5, 5.41) is 3.10. The van der Waals surface area contributed by atoms with Crippen LogP contribution in [0.15, 0.2) is 18.2 Å². The highest BCUT2D eigenvalue weighted by molar-refractivity contribution is 5.77. The lowest BCUT2D eigenvalue weighted by Gasteiger charge is -2.09. The Kier molecular flexibility index (Phi) is 4.99. The normalized spacial score (nSPS) is 10.2. The van der Waals surface area contributed by atoms with E-state index in [0.717, 1.165) is 18.7 Å². The van der Waals surface area contributed by atoms with Crippen molar-refractivity contribution in [1.82, 2.24) is 5.32 Å². The number of hydrogen-bond acceptors (Lipinski definition) is 3. The summed E-state index contributed by atoms with van der Waals surface area (Å²) in [6, 6.07) is 6.13. The molecule has 3 heteroatoms. The van der Waals surface area contributed by atoms with Gasteiger partial charge >= 0.3 is 0 Å². The minimum Gasteiger partial charge on any atom is -0.496 e. The first kappa shape index (κ1) is 12.7. The van der Waals surface area contributed by atoms with Gasteiger partial charge in [-0.15, -0.1) is 0 Å². The lowest BCUT2D eigenvalue weighted by Crippen LogP contribution is -2.23. The van der Waals surface area contributed by atoms with Gasteiger partial charge in [0, 0.05) is 0 Å². The molecule has 88 valence electrons. The number of benzene rings is 1. The molecule has 0 aliphatic carbocycles. The molecule has 0 radical (unpaired) electrons. The van der Waals surface area contributed by atoms with E-state index in [2.05, 4.69) is 18.3 Å². The number of ether oxygens (including phenoxy) is 1. The fourth-order valence-electron chi connectivity index (χ4n) is 1.59. The van der Waals surface area contributed by atoms with Crippen molar-refractivity contribution >= 4 is 5.78 Å². The van der Waals surface area contributed by atoms with Crippen LogP contribution in [0.1, 0.15) is 18.1 Å². The summed E-state index contributed by atoms with van der Waals surface area (Å²) in [7, 11) is 1.68. The smallest absolute Gasteiger partial charge is 0.143 e. The fourth-order valence-corrected chi connectivity index (χ4v) is 1.59. The summed E-state index contributed by atoms with van der Waals surface area (Å²) in [6.07, 6.45) is 0.873. The number of nitrogens with one attached hydrogen (secondary N) is 1. The van der Waals surface area contributed by atoms with Gasteiger partial charge in [-0.3, -0.25) is 4.79 Å². The average Bonchev–Trinajstić information content (AvgIpc) is 2.24. The van der Waals surface area contributed by atoms with Gasteiger partial charge in [-0.25, -0.2) is 0 Å². The molecule has 1 rings (SSSR count). The Morgan fingerprint density at radius 3 is 2.81 bits per heavy atom. The molecule has 0 atom stereocenters. The standard InChI is InChI=1S/C13H19NO2/c1-10-4-5-13(16-3)12(8-10)6-7-14-9-11(2)15/h4-5,8,14H,6-7,9H2,1-3H3. The number of hydrogen-bond donors (Lipinski definition) is 1. The molecule has 0 aliphatic rings.